The van der Waals surface area contributed by atoms with Gasteiger partial charge in [0.1, 0.15) is 5.60 Å². The second-order valence-electron chi connectivity index (χ2n) is 3.99. The van der Waals surface area contributed by atoms with E-state index in [1.165, 1.54) is 0 Å². The lowest BCUT2D eigenvalue weighted by molar-refractivity contribution is -0.147. The van der Waals surface area contributed by atoms with Gasteiger partial charge >= 0.3 is 0 Å². The van der Waals surface area contributed by atoms with Crippen LogP contribution in [-0.4, -0.2) is 45.6 Å². The van der Waals surface area contributed by atoms with Gasteiger partial charge in [0.25, 0.3) is 5.91 Å². The Bertz CT molecular complexity index is 200. The van der Waals surface area contributed by atoms with Gasteiger partial charge in [0.05, 0.1) is 0 Å². The van der Waals surface area contributed by atoms with Crippen LogP contribution in [0.3, 0.4) is 0 Å². The van der Waals surface area contributed by atoms with Crippen LogP contribution in [0.1, 0.15) is 20.8 Å². The van der Waals surface area contributed by atoms with Crippen LogP contribution in [0.5, 0.6) is 0 Å². The van der Waals surface area contributed by atoms with Crippen molar-refractivity contribution in [1.29, 1.82) is 0 Å². The third-order valence-corrected chi connectivity index (χ3v) is 3.19. The number of nitrogens with zero attached hydrogens (tertiary/aromatic N) is 1. The molecule has 0 aromatic carbocycles. The Morgan fingerprint density at radius 1 is 1.62 bits per heavy atom. The first-order valence-electron chi connectivity index (χ1n) is 4.54. The van der Waals surface area contributed by atoms with Crippen LogP contribution in [0.2, 0.25) is 0 Å². The van der Waals surface area contributed by atoms with E-state index in [-0.39, 0.29) is 5.91 Å². The molecular weight excluding hydrogens is 186 g/mol. The first-order chi connectivity index (χ1) is 5.91. The molecule has 0 aromatic rings. The normalized spacial score (nSPS) is 24.6. The number of hydrogen-bond acceptors (Lipinski definition) is 3. The summed E-state index contributed by atoms with van der Waals surface area (Å²) in [7, 11) is 0. The quantitative estimate of drug-likeness (QED) is 0.682. The lowest BCUT2D eigenvalue weighted by Gasteiger charge is -2.34. The first kappa shape index (κ1) is 10.9. The lowest BCUT2D eigenvalue weighted by atomic mass is 10.1. The molecule has 13 heavy (non-hydrogen) atoms. The summed E-state index contributed by atoms with van der Waals surface area (Å²) in [6.45, 7) is 6.71. The van der Waals surface area contributed by atoms with Crippen molar-refractivity contribution in [2.75, 3.05) is 18.8 Å². The molecule has 0 radical (unpaired) electrons. The predicted molar refractivity (Wildman–Crippen MR) is 54.8 cm³/mol. The molecule has 1 rings (SSSR count). The van der Waals surface area contributed by atoms with E-state index in [2.05, 4.69) is 6.92 Å². The fourth-order valence-corrected chi connectivity index (χ4v) is 2.40. The molecule has 0 saturated carbocycles. The Hall–Kier alpha value is -0.220. The molecule has 76 valence electrons. The maximum absolute atomic E-state index is 11.6. The summed E-state index contributed by atoms with van der Waals surface area (Å²) in [5.41, 5.74) is -1.22. The van der Waals surface area contributed by atoms with Crippen LogP contribution >= 0.6 is 11.8 Å². The van der Waals surface area contributed by atoms with Crippen LogP contribution in [0, 0.1) is 0 Å². The highest BCUT2D eigenvalue weighted by atomic mass is 32.2. The summed E-state index contributed by atoms with van der Waals surface area (Å²) in [5.74, 6) is 0.822. The second kappa shape index (κ2) is 3.88. The Balaban J connectivity index is 2.56. The first-order valence-corrected chi connectivity index (χ1v) is 5.59. The summed E-state index contributed by atoms with van der Waals surface area (Å²) in [5, 5.41) is 10.0. The van der Waals surface area contributed by atoms with Gasteiger partial charge in [-0.2, -0.15) is 11.8 Å². The molecule has 1 saturated heterocycles. The standard InChI is InChI=1S/C9H17NO2S/c1-7-6-10(4-5-13-7)8(11)9(2,3)12/h7,12H,4-6H2,1-3H3. The molecule has 1 fully saturated rings. The Kier molecular flexibility index (Phi) is 3.24. The minimum atomic E-state index is -1.22. The Morgan fingerprint density at radius 2 is 2.23 bits per heavy atom. The molecule has 1 unspecified atom stereocenters. The Morgan fingerprint density at radius 3 is 2.69 bits per heavy atom. The summed E-state index contributed by atoms with van der Waals surface area (Å²) in [4.78, 5) is 13.4. The zero-order valence-electron chi connectivity index (χ0n) is 8.41. The molecule has 1 aliphatic rings. The van der Waals surface area contributed by atoms with Crippen molar-refractivity contribution in [3.05, 3.63) is 0 Å². The fourth-order valence-electron chi connectivity index (χ4n) is 1.39. The summed E-state index contributed by atoms with van der Waals surface area (Å²) in [6.07, 6.45) is 0. The topological polar surface area (TPSA) is 40.5 Å². The van der Waals surface area contributed by atoms with E-state index in [0.29, 0.717) is 5.25 Å². The van der Waals surface area contributed by atoms with E-state index in [1.807, 2.05) is 11.8 Å². The molecule has 1 N–H and O–H groups in total. The molecule has 0 bridgehead atoms. The highest BCUT2D eigenvalue weighted by Gasteiger charge is 2.31. The summed E-state index contributed by atoms with van der Waals surface area (Å²) >= 11 is 1.87. The number of rotatable bonds is 1. The van der Waals surface area contributed by atoms with Crippen molar-refractivity contribution in [2.24, 2.45) is 0 Å². The number of carbonyl (C=O) groups excluding carboxylic acids is 1. The highest BCUT2D eigenvalue weighted by Crippen LogP contribution is 2.20. The van der Waals surface area contributed by atoms with Crippen LogP contribution in [0.15, 0.2) is 0 Å². The van der Waals surface area contributed by atoms with E-state index in [9.17, 15) is 9.90 Å². The molecule has 1 heterocycles. The van der Waals surface area contributed by atoms with Gasteiger partial charge in [-0.3, -0.25) is 4.79 Å². The molecular formula is C9H17NO2S. The largest absolute Gasteiger partial charge is 0.381 e. The zero-order valence-corrected chi connectivity index (χ0v) is 9.23. The van der Waals surface area contributed by atoms with Gasteiger partial charge in [0.15, 0.2) is 0 Å². The average molecular weight is 203 g/mol. The summed E-state index contributed by atoms with van der Waals surface area (Å²) < 4.78 is 0. The van der Waals surface area contributed by atoms with Crippen LogP contribution in [-0.2, 0) is 4.79 Å². The van der Waals surface area contributed by atoms with E-state index in [4.69, 9.17) is 0 Å². The minimum absolute atomic E-state index is 0.153. The molecule has 3 nitrogen and oxygen atoms in total. The van der Waals surface area contributed by atoms with Crippen molar-refractivity contribution in [2.45, 2.75) is 31.6 Å². The smallest absolute Gasteiger partial charge is 0.254 e. The number of aliphatic hydroxyl groups is 1. The molecule has 1 aliphatic heterocycles. The van der Waals surface area contributed by atoms with Crippen LogP contribution < -0.4 is 0 Å². The van der Waals surface area contributed by atoms with Crippen molar-refractivity contribution in [1.82, 2.24) is 4.90 Å². The highest BCUT2D eigenvalue weighted by molar-refractivity contribution is 7.99. The third-order valence-electron chi connectivity index (χ3n) is 2.05. The van der Waals surface area contributed by atoms with Gasteiger partial charge in [-0.25, -0.2) is 0 Å². The average Bonchev–Trinajstić information content (AvgIpc) is 2.01. The zero-order chi connectivity index (χ0) is 10.1. The van der Waals surface area contributed by atoms with Gasteiger partial charge in [-0.05, 0) is 13.8 Å². The minimum Gasteiger partial charge on any atom is -0.381 e. The van der Waals surface area contributed by atoms with Crippen molar-refractivity contribution in [3.8, 4) is 0 Å². The van der Waals surface area contributed by atoms with Gasteiger partial charge in [-0.1, -0.05) is 6.92 Å². The molecule has 0 aromatic heterocycles. The van der Waals surface area contributed by atoms with E-state index >= 15 is 0 Å². The fraction of sp³-hybridized carbons (Fsp3) is 0.889. The predicted octanol–water partition coefficient (Wildman–Crippen LogP) is 0.721. The third kappa shape index (κ3) is 2.88. The van der Waals surface area contributed by atoms with Gasteiger partial charge in [0, 0.05) is 24.1 Å². The van der Waals surface area contributed by atoms with Crippen molar-refractivity contribution >= 4 is 17.7 Å². The second-order valence-corrected chi connectivity index (χ2v) is 5.54. The lowest BCUT2D eigenvalue weighted by Crippen LogP contribution is -2.49. The van der Waals surface area contributed by atoms with Gasteiger partial charge < -0.3 is 10.0 Å². The molecule has 1 atom stereocenters. The monoisotopic (exact) mass is 203 g/mol. The SMILES string of the molecule is CC1CN(C(=O)C(C)(C)O)CCS1. The molecule has 0 spiro atoms. The maximum atomic E-state index is 11.6. The van der Waals surface area contributed by atoms with Crippen molar-refractivity contribution < 1.29 is 9.90 Å². The molecule has 4 heteroatoms. The number of hydrogen-bond donors (Lipinski definition) is 1. The van der Waals surface area contributed by atoms with Crippen molar-refractivity contribution in [3.63, 3.8) is 0 Å². The molecule has 0 aliphatic carbocycles. The summed E-state index contributed by atoms with van der Waals surface area (Å²) in [6, 6.07) is 0. The van der Waals surface area contributed by atoms with E-state index in [1.54, 1.807) is 18.7 Å². The Labute approximate surface area is 83.5 Å². The maximum Gasteiger partial charge on any atom is 0.254 e. The number of carbonyl (C=O) groups is 1. The van der Waals surface area contributed by atoms with Gasteiger partial charge in [0.2, 0.25) is 0 Å². The molecule has 1 amide bonds. The van der Waals surface area contributed by atoms with E-state index < -0.39 is 5.60 Å². The van der Waals surface area contributed by atoms with E-state index in [0.717, 1.165) is 18.8 Å². The number of thioether (sulfide) groups is 1. The number of amides is 1. The van der Waals surface area contributed by atoms with Crippen LogP contribution in [0.4, 0.5) is 0 Å². The van der Waals surface area contributed by atoms with Crippen LogP contribution in [0.25, 0.3) is 0 Å². The van der Waals surface area contributed by atoms with Gasteiger partial charge in [-0.15, -0.1) is 0 Å².